The lowest BCUT2D eigenvalue weighted by atomic mass is 9.97. The van der Waals surface area contributed by atoms with E-state index in [-0.39, 0.29) is 23.2 Å². The van der Waals surface area contributed by atoms with Crippen LogP contribution in [0.25, 0.3) is 0 Å². The van der Waals surface area contributed by atoms with E-state index in [1.807, 2.05) is 4.90 Å². The van der Waals surface area contributed by atoms with Crippen LogP contribution in [-0.4, -0.2) is 34.6 Å². The zero-order valence-corrected chi connectivity index (χ0v) is 14.9. The lowest BCUT2D eigenvalue weighted by Crippen LogP contribution is -2.41. The van der Waals surface area contributed by atoms with Gasteiger partial charge in [-0.2, -0.15) is 5.10 Å². The Hall–Kier alpha value is -2.96. The molecule has 0 saturated carbocycles. The second-order valence-corrected chi connectivity index (χ2v) is 6.56. The van der Waals surface area contributed by atoms with Crippen molar-refractivity contribution < 1.29 is 9.59 Å². The number of carbonyl (C=O) groups excluding carboxylic acids is 2. The fourth-order valence-electron chi connectivity index (χ4n) is 3.12. The Balaban J connectivity index is 1.69. The summed E-state index contributed by atoms with van der Waals surface area (Å²) in [5.74, 6) is 0.415. The Morgan fingerprint density at radius 3 is 2.77 bits per heavy atom. The number of ketones is 1. The van der Waals surface area contributed by atoms with Gasteiger partial charge in [-0.15, -0.1) is 0 Å². The van der Waals surface area contributed by atoms with Gasteiger partial charge in [0.25, 0.3) is 5.56 Å². The SMILES string of the molecule is CC(=O)c1cccc(NC(=O)[C@H]2CCCN(c3ccc(=O)n(C)n3)C2)c1. The molecule has 7 heteroatoms. The van der Waals surface area contributed by atoms with E-state index in [2.05, 4.69) is 10.4 Å². The number of benzene rings is 1. The molecule has 0 radical (unpaired) electrons. The van der Waals surface area contributed by atoms with Crippen molar-refractivity contribution in [1.29, 1.82) is 0 Å². The molecule has 1 saturated heterocycles. The second-order valence-electron chi connectivity index (χ2n) is 6.56. The number of hydrogen-bond acceptors (Lipinski definition) is 5. The highest BCUT2D eigenvalue weighted by Crippen LogP contribution is 2.22. The second kappa shape index (κ2) is 7.51. The molecule has 1 atom stereocenters. The lowest BCUT2D eigenvalue weighted by molar-refractivity contribution is -0.120. The van der Waals surface area contributed by atoms with E-state index in [9.17, 15) is 14.4 Å². The predicted molar refractivity (Wildman–Crippen MR) is 99.5 cm³/mol. The average Bonchev–Trinajstić information content (AvgIpc) is 2.64. The monoisotopic (exact) mass is 354 g/mol. The molecule has 0 spiro atoms. The molecule has 0 aliphatic carbocycles. The third kappa shape index (κ3) is 3.99. The summed E-state index contributed by atoms with van der Waals surface area (Å²) < 4.78 is 1.30. The van der Waals surface area contributed by atoms with Gasteiger partial charge in [-0.3, -0.25) is 14.4 Å². The van der Waals surface area contributed by atoms with Crippen molar-refractivity contribution in [2.75, 3.05) is 23.3 Å². The number of amides is 1. The Morgan fingerprint density at radius 1 is 1.23 bits per heavy atom. The van der Waals surface area contributed by atoms with Gasteiger partial charge in [0.15, 0.2) is 5.78 Å². The van der Waals surface area contributed by atoms with Crippen molar-refractivity contribution in [2.45, 2.75) is 19.8 Å². The number of piperidine rings is 1. The van der Waals surface area contributed by atoms with Crippen LogP contribution in [0.2, 0.25) is 0 Å². The van der Waals surface area contributed by atoms with Gasteiger partial charge in [0.2, 0.25) is 5.91 Å². The van der Waals surface area contributed by atoms with Gasteiger partial charge >= 0.3 is 0 Å². The zero-order valence-electron chi connectivity index (χ0n) is 14.9. The van der Waals surface area contributed by atoms with Crippen LogP contribution in [0.3, 0.4) is 0 Å². The van der Waals surface area contributed by atoms with Crippen LogP contribution in [0.15, 0.2) is 41.2 Å². The Bertz CT molecular complexity index is 890. The number of nitrogens with one attached hydrogen (secondary N) is 1. The van der Waals surface area contributed by atoms with Crippen molar-refractivity contribution in [1.82, 2.24) is 9.78 Å². The van der Waals surface area contributed by atoms with Gasteiger partial charge in [0.05, 0.1) is 5.92 Å². The van der Waals surface area contributed by atoms with Gasteiger partial charge in [0.1, 0.15) is 5.82 Å². The molecule has 1 N–H and O–H groups in total. The van der Waals surface area contributed by atoms with E-state index in [0.29, 0.717) is 23.6 Å². The predicted octanol–water partition coefficient (Wildman–Crippen LogP) is 1.84. The van der Waals surface area contributed by atoms with Crippen LogP contribution in [0, 0.1) is 5.92 Å². The van der Waals surface area contributed by atoms with Crippen molar-refractivity contribution >= 4 is 23.2 Å². The normalized spacial score (nSPS) is 17.0. The van der Waals surface area contributed by atoms with E-state index >= 15 is 0 Å². The fourth-order valence-corrected chi connectivity index (χ4v) is 3.12. The third-order valence-electron chi connectivity index (χ3n) is 4.60. The lowest BCUT2D eigenvalue weighted by Gasteiger charge is -2.32. The number of rotatable bonds is 4. The zero-order chi connectivity index (χ0) is 18.7. The smallest absolute Gasteiger partial charge is 0.266 e. The number of Topliss-reactive ketones (excluding diaryl/α,β-unsaturated/α-hetero) is 1. The van der Waals surface area contributed by atoms with Crippen LogP contribution >= 0.6 is 0 Å². The summed E-state index contributed by atoms with van der Waals surface area (Å²) in [6, 6.07) is 10.1. The van der Waals surface area contributed by atoms with Crippen molar-refractivity contribution in [2.24, 2.45) is 13.0 Å². The van der Waals surface area contributed by atoms with Gasteiger partial charge in [-0.1, -0.05) is 12.1 Å². The first-order valence-electron chi connectivity index (χ1n) is 8.65. The molecule has 3 rings (SSSR count). The maximum absolute atomic E-state index is 12.6. The molecule has 0 unspecified atom stereocenters. The Labute approximate surface area is 151 Å². The molecule has 7 nitrogen and oxygen atoms in total. The summed E-state index contributed by atoms with van der Waals surface area (Å²) in [6.45, 7) is 2.85. The summed E-state index contributed by atoms with van der Waals surface area (Å²) in [5, 5.41) is 7.17. The molecular weight excluding hydrogens is 332 g/mol. The van der Waals surface area contributed by atoms with Gasteiger partial charge in [0, 0.05) is 37.5 Å². The molecule has 1 amide bonds. The quantitative estimate of drug-likeness (QED) is 0.847. The molecule has 136 valence electrons. The molecule has 1 aliphatic rings. The average molecular weight is 354 g/mol. The molecule has 1 aliphatic heterocycles. The minimum absolute atomic E-state index is 0.0364. The number of hydrogen-bond donors (Lipinski definition) is 1. The molecule has 2 aromatic rings. The summed E-state index contributed by atoms with van der Waals surface area (Å²) in [6.07, 6.45) is 1.66. The van der Waals surface area contributed by atoms with Gasteiger partial charge < -0.3 is 10.2 Å². The third-order valence-corrected chi connectivity index (χ3v) is 4.60. The van der Waals surface area contributed by atoms with Crippen molar-refractivity contribution in [3.63, 3.8) is 0 Å². The van der Waals surface area contributed by atoms with E-state index < -0.39 is 0 Å². The first-order chi connectivity index (χ1) is 12.4. The first kappa shape index (κ1) is 17.8. The van der Waals surface area contributed by atoms with E-state index in [1.165, 1.54) is 17.7 Å². The molecule has 1 aromatic carbocycles. The molecule has 0 bridgehead atoms. The minimum Gasteiger partial charge on any atom is -0.354 e. The minimum atomic E-state index is -0.177. The summed E-state index contributed by atoms with van der Waals surface area (Å²) in [4.78, 5) is 37.7. The highest BCUT2D eigenvalue weighted by atomic mass is 16.2. The van der Waals surface area contributed by atoms with Crippen molar-refractivity contribution in [3.8, 4) is 0 Å². The molecule has 1 fully saturated rings. The van der Waals surface area contributed by atoms with Crippen LogP contribution in [0.5, 0.6) is 0 Å². The van der Waals surface area contributed by atoms with Crippen LogP contribution in [-0.2, 0) is 11.8 Å². The summed E-state index contributed by atoms with van der Waals surface area (Å²) >= 11 is 0. The first-order valence-corrected chi connectivity index (χ1v) is 8.65. The Kier molecular flexibility index (Phi) is 5.16. The van der Waals surface area contributed by atoms with Crippen LogP contribution in [0.4, 0.5) is 11.5 Å². The van der Waals surface area contributed by atoms with E-state index in [1.54, 1.807) is 37.4 Å². The molecular formula is C19H22N4O3. The summed E-state index contributed by atoms with van der Waals surface area (Å²) in [5.41, 5.74) is 1.04. The number of aryl methyl sites for hydroxylation is 1. The molecule has 1 aromatic heterocycles. The standard InChI is InChI=1S/C19H22N4O3/c1-13(24)14-5-3-7-16(11-14)20-19(26)15-6-4-10-23(12-15)17-8-9-18(25)22(2)21-17/h3,5,7-9,11,15H,4,6,10,12H2,1-2H3,(H,20,26)/t15-/m0/s1. The number of carbonyl (C=O) groups is 2. The molecule has 26 heavy (non-hydrogen) atoms. The van der Waals surface area contributed by atoms with E-state index in [4.69, 9.17) is 0 Å². The maximum atomic E-state index is 12.6. The highest BCUT2D eigenvalue weighted by Gasteiger charge is 2.27. The fraction of sp³-hybridized carbons (Fsp3) is 0.368. The number of anilines is 2. The van der Waals surface area contributed by atoms with Crippen LogP contribution < -0.4 is 15.8 Å². The Morgan fingerprint density at radius 2 is 2.04 bits per heavy atom. The molecule has 2 heterocycles. The van der Waals surface area contributed by atoms with Crippen molar-refractivity contribution in [3.05, 3.63) is 52.3 Å². The van der Waals surface area contributed by atoms with Gasteiger partial charge in [-0.25, -0.2) is 4.68 Å². The van der Waals surface area contributed by atoms with E-state index in [0.717, 1.165) is 19.4 Å². The van der Waals surface area contributed by atoms with Crippen LogP contribution in [0.1, 0.15) is 30.1 Å². The number of nitrogens with zero attached hydrogens (tertiary/aromatic N) is 3. The topological polar surface area (TPSA) is 84.3 Å². The summed E-state index contributed by atoms with van der Waals surface area (Å²) in [7, 11) is 1.61. The highest BCUT2D eigenvalue weighted by molar-refractivity contribution is 5.97. The maximum Gasteiger partial charge on any atom is 0.266 e. The van der Waals surface area contributed by atoms with Gasteiger partial charge in [-0.05, 0) is 38.0 Å². The number of aromatic nitrogens is 2. The largest absolute Gasteiger partial charge is 0.354 e.